The van der Waals surface area contributed by atoms with Gasteiger partial charge in [0, 0.05) is 5.69 Å². The molecule has 6 atom stereocenters. The van der Waals surface area contributed by atoms with Gasteiger partial charge in [-0.25, -0.2) is 0 Å². The van der Waals surface area contributed by atoms with Crippen molar-refractivity contribution in [2.24, 2.45) is 35.5 Å². The minimum Gasteiger partial charge on any atom is -0.454 e. The molecule has 144 valence electrons. The van der Waals surface area contributed by atoms with E-state index >= 15 is 0 Å². The van der Waals surface area contributed by atoms with Crippen LogP contribution in [0.25, 0.3) is 0 Å². The van der Waals surface area contributed by atoms with Crippen LogP contribution in [0.5, 0.6) is 0 Å². The third-order valence-corrected chi connectivity index (χ3v) is 6.46. The molecule has 0 aromatic heterocycles. The number of imide groups is 1. The molecule has 28 heavy (non-hydrogen) atoms. The summed E-state index contributed by atoms with van der Waals surface area (Å²) in [5, 5.41) is 2.61. The number of carbonyl (C=O) groups excluding carboxylic acids is 4. The van der Waals surface area contributed by atoms with Gasteiger partial charge in [-0.2, -0.15) is 0 Å². The quantitative estimate of drug-likeness (QED) is 0.471. The van der Waals surface area contributed by atoms with Crippen molar-refractivity contribution in [3.8, 4) is 0 Å². The van der Waals surface area contributed by atoms with Crippen molar-refractivity contribution in [1.82, 2.24) is 4.90 Å². The zero-order valence-corrected chi connectivity index (χ0v) is 15.1. The zero-order valence-electron chi connectivity index (χ0n) is 15.1. The van der Waals surface area contributed by atoms with E-state index in [1.807, 2.05) is 6.07 Å². The Hall–Kier alpha value is -2.96. The molecule has 1 aromatic carbocycles. The van der Waals surface area contributed by atoms with Crippen molar-refractivity contribution < 1.29 is 23.9 Å². The maximum Gasteiger partial charge on any atom is 0.326 e. The fraction of sp³-hybridized carbons (Fsp3) is 0.429. The van der Waals surface area contributed by atoms with Crippen molar-refractivity contribution in [3.63, 3.8) is 0 Å². The molecule has 3 fully saturated rings. The molecular weight excluding hydrogens is 360 g/mol. The van der Waals surface area contributed by atoms with Crippen LogP contribution in [0.15, 0.2) is 42.5 Å². The number of para-hydroxylation sites is 1. The second-order valence-corrected chi connectivity index (χ2v) is 7.99. The summed E-state index contributed by atoms with van der Waals surface area (Å²) in [6, 6.07) is 8.81. The molecule has 1 N–H and O–H groups in total. The summed E-state index contributed by atoms with van der Waals surface area (Å²) in [5.41, 5.74) is 0.596. The highest BCUT2D eigenvalue weighted by molar-refractivity contribution is 6.08. The van der Waals surface area contributed by atoms with Crippen LogP contribution in [0.1, 0.15) is 6.42 Å². The number of amides is 3. The van der Waals surface area contributed by atoms with Crippen LogP contribution in [0.4, 0.5) is 5.69 Å². The van der Waals surface area contributed by atoms with E-state index in [4.69, 9.17) is 4.74 Å². The Morgan fingerprint density at radius 2 is 1.61 bits per heavy atom. The first-order valence-corrected chi connectivity index (χ1v) is 9.58. The van der Waals surface area contributed by atoms with E-state index in [1.54, 1.807) is 24.3 Å². The third-order valence-electron chi connectivity index (χ3n) is 6.46. The van der Waals surface area contributed by atoms with Crippen LogP contribution >= 0.6 is 0 Å². The van der Waals surface area contributed by atoms with Gasteiger partial charge in [-0.05, 0) is 42.2 Å². The van der Waals surface area contributed by atoms with Crippen LogP contribution in [0, 0.1) is 35.5 Å². The van der Waals surface area contributed by atoms with Gasteiger partial charge >= 0.3 is 5.97 Å². The summed E-state index contributed by atoms with van der Waals surface area (Å²) < 4.78 is 4.97. The molecule has 7 heteroatoms. The number of nitrogens with zero attached hydrogens (tertiary/aromatic N) is 1. The van der Waals surface area contributed by atoms with Crippen LogP contribution in [-0.4, -0.2) is 41.7 Å². The highest BCUT2D eigenvalue weighted by atomic mass is 16.5. The lowest BCUT2D eigenvalue weighted by Crippen LogP contribution is -2.40. The lowest BCUT2D eigenvalue weighted by Gasteiger charge is -2.37. The Kier molecular flexibility index (Phi) is 3.86. The van der Waals surface area contributed by atoms with E-state index in [9.17, 15) is 19.2 Å². The molecule has 0 radical (unpaired) electrons. The molecule has 0 unspecified atom stereocenters. The minimum atomic E-state index is -0.756. The molecular formula is C21H20N2O5. The molecule has 1 saturated heterocycles. The van der Waals surface area contributed by atoms with Crippen molar-refractivity contribution in [2.75, 3.05) is 18.5 Å². The molecule has 7 nitrogen and oxygen atoms in total. The topological polar surface area (TPSA) is 92.8 Å². The number of ether oxygens (including phenoxy) is 1. The maximum atomic E-state index is 12.8. The third kappa shape index (κ3) is 2.65. The predicted molar refractivity (Wildman–Crippen MR) is 97.4 cm³/mol. The number of hydrogen-bond donors (Lipinski definition) is 1. The summed E-state index contributed by atoms with van der Waals surface area (Å²) in [5.74, 6) is -1.17. The van der Waals surface area contributed by atoms with Crippen molar-refractivity contribution in [2.45, 2.75) is 6.42 Å². The second kappa shape index (κ2) is 6.29. The lowest BCUT2D eigenvalue weighted by atomic mass is 9.63. The Bertz CT molecular complexity index is 859. The maximum absolute atomic E-state index is 12.8. The molecule has 2 bridgehead atoms. The molecule has 2 saturated carbocycles. The highest BCUT2D eigenvalue weighted by Crippen LogP contribution is 2.65. The number of hydrogen-bond acceptors (Lipinski definition) is 5. The first-order valence-electron chi connectivity index (χ1n) is 9.58. The monoisotopic (exact) mass is 380 g/mol. The van der Waals surface area contributed by atoms with Crippen molar-refractivity contribution >= 4 is 29.4 Å². The average Bonchev–Trinajstić information content (AvgIpc) is 3.48. The van der Waals surface area contributed by atoms with Crippen molar-refractivity contribution in [1.29, 1.82) is 0 Å². The molecule has 1 aromatic rings. The summed E-state index contributed by atoms with van der Waals surface area (Å²) in [4.78, 5) is 50.7. The number of anilines is 1. The normalized spacial score (nSPS) is 34.1. The van der Waals surface area contributed by atoms with E-state index in [0.29, 0.717) is 17.5 Å². The molecule has 0 spiro atoms. The first kappa shape index (κ1) is 17.2. The largest absolute Gasteiger partial charge is 0.454 e. The Balaban J connectivity index is 1.18. The smallest absolute Gasteiger partial charge is 0.326 e. The number of nitrogens with one attached hydrogen (secondary N) is 1. The fourth-order valence-electron chi connectivity index (χ4n) is 5.21. The van der Waals surface area contributed by atoms with Gasteiger partial charge in [0.05, 0.1) is 11.8 Å². The van der Waals surface area contributed by atoms with Gasteiger partial charge in [0.2, 0.25) is 11.8 Å². The van der Waals surface area contributed by atoms with Gasteiger partial charge in [0.25, 0.3) is 5.91 Å². The Labute approximate surface area is 161 Å². The Morgan fingerprint density at radius 1 is 1.00 bits per heavy atom. The van der Waals surface area contributed by atoms with E-state index in [-0.39, 0.29) is 35.5 Å². The van der Waals surface area contributed by atoms with Gasteiger partial charge in [-0.3, -0.25) is 24.1 Å². The molecule has 1 aliphatic heterocycles. The van der Waals surface area contributed by atoms with E-state index in [2.05, 4.69) is 17.5 Å². The van der Waals surface area contributed by atoms with Gasteiger partial charge < -0.3 is 10.1 Å². The first-order chi connectivity index (χ1) is 13.5. The fourth-order valence-corrected chi connectivity index (χ4v) is 5.21. The standard InChI is InChI=1S/C21H20N2O5/c24-16(22-11-4-2-1-3-5-11)10-28-17(25)9-23-20(26)18-12-6-7-13(15-8-14(12)15)19(18)21(23)27/h1-7,12-15,18-19H,8-10H2,(H,22,24)/t12-,13-,14-,15+,18+,19+/m0/s1. The summed E-state index contributed by atoms with van der Waals surface area (Å²) in [7, 11) is 0. The molecule has 5 aliphatic rings. The van der Waals surface area contributed by atoms with Crippen LogP contribution in [-0.2, 0) is 23.9 Å². The van der Waals surface area contributed by atoms with Crippen LogP contribution < -0.4 is 5.32 Å². The molecule has 1 heterocycles. The number of likely N-dealkylation sites (tertiary alicyclic amines) is 1. The SMILES string of the molecule is O=C(COC(=O)CN1C(=O)[C@@H]2[C@H]3C=C[C@@H]([C@@H]4C[C@H]34)[C@H]2C1=O)Nc1ccccc1. The number of esters is 1. The lowest BCUT2D eigenvalue weighted by molar-refractivity contribution is -0.154. The van der Waals surface area contributed by atoms with Gasteiger partial charge in [0.1, 0.15) is 6.54 Å². The Morgan fingerprint density at radius 3 is 2.21 bits per heavy atom. The van der Waals surface area contributed by atoms with Crippen LogP contribution in [0.3, 0.4) is 0 Å². The van der Waals surface area contributed by atoms with Gasteiger partial charge in [-0.1, -0.05) is 30.4 Å². The number of benzene rings is 1. The summed E-state index contributed by atoms with van der Waals surface area (Å²) >= 11 is 0. The van der Waals surface area contributed by atoms with Crippen LogP contribution in [0.2, 0.25) is 0 Å². The van der Waals surface area contributed by atoms with Gasteiger partial charge in [0.15, 0.2) is 6.61 Å². The number of carbonyl (C=O) groups is 4. The highest BCUT2D eigenvalue weighted by Gasteiger charge is 2.67. The van der Waals surface area contributed by atoms with E-state index in [0.717, 1.165) is 11.3 Å². The number of rotatable bonds is 5. The van der Waals surface area contributed by atoms with Gasteiger partial charge in [-0.15, -0.1) is 0 Å². The van der Waals surface area contributed by atoms with E-state index in [1.165, 1.54) is 0 Å². The molecule has 3 amide bonds. The summed E-state index contributed by atoms with van der Waals surface area (Å²) in [6.07, 6.45) is 5.26. The molecule has 4 aliphatic carbocycles. The molecule has 6 rings (SSSR count). The minimum absolute atomic E-state index is 0.120. The second-order valence-electron chi connectivity index (χ2n) is 7.99. The number of allylic oxidation sites excluding steroid dienone is 2. The predicted octanol–water partition coefficient (Wildman–Crippen LogP) is 1.22. The van der Waals surface area contributed by atoms with E-state index < -0.39 is 25.0 Å². The average molecular weight is 380 g/mol. The van der Waals surface area contributed by atoms with Crippen molar-refractivity contribution in [3.05, 3.63) is 42.5 Å². The zero-order chi connectivity index (χ0) is 19.4. The summed E-state index contributed by atoms with van der Waals surface area (Å²) in [6.45, 7) is -0.897.